The normalized spacial score (nSPS) is 10.3. The van der Waals surface area contributed by atoms with Crippen molar-refractivity contribution in [1.82, 2.24) is 10.6 Å². The van der Waals surface area contributed by atoms with Crippen LogP contribution in [-0.4, -0.2) is 11.8 Å². The summed E-state index contributed by atoms with van der Waals surface area (Å²) in [5.74, 6) is 0.298. The van der Waals surface area contributed by atoms with Gasteiger partial charge in [0.1, 0.15) is 5.76 Å². The van der Waals surface area contributed by atoms with E-state index in [9.17, 15) is 9.59 Å². The first-order valence-corrected chi connectivity index (χ1v) is 8.36. The maximum atomic E-state index is 12.2. The van der Waals surface area contributed by atoms with Gasteiger partial charge in [-0.1, -0.05) is 29.8 Å². The fourth-order valence-corrected chi connectivity index (χ4v) is 2.45. The fourth-order valence-electron chi connectivity index (χ4n) is 2.45. The highest BCUT2D eigenvalue weighted by Gasteiger charge is 2.09. The molecule has 0 bridgehead atoms. The van der Waals surface area contributed by atoms with Gasteiger partial charge in [0, 0.05) is 17.7 Å². The lowest BCUT2D eigenvalue weighted by atomic mass is 10.1. The largest absolute Gasteiger partial charge is 0.467 e. The topological polar surface area (TPSA) is 71.3 Å². The number of amides is 2. The molecule has 2 aromatic carbocycles. The van der Waals surface area contributed by atoms with E-state index in [1.165, 1.54) is 5.56 Å². The monoisotopic (exact) mass is 348 g/mol. The molecule has 2 amide bonds. The Labute approximate surface area is 152 Å². The molecule has 0 radical (unpaired) electrons. The summed E-state index contributed by atoms with van der Waals surface area (Å²) in [6.45, 7) is 2.81. The van der Waals surface area contributed by atoms with E-state index in [1.54, 1.807) is 42.7 Å². The van der Waals surface area contributed by atoms with Crippen LogP contribution in [0.1, 0.15) is 37.6 Å². The Bertz CT molecular complexity index is 867. The van der Waals surface area contributed by atoms with Gasteiger partial charge in [-0.25, -0.2) is 0 Å². The van der Waals surface area contributed by atoms with E-state index in [-0.39, 0.29) is 11.8 Å². The molecule has 0 saturated carbocycles. The molecule has 2 N–H and O–H groups in total. The van der Waals surface area contributed by atoms with E-state index < -0.39 is 0 Å². The molecule has 0 fully saturated rings. The first kappa shape index (κ1) is 17.5. The first-order valence-electron chi connectivity index (χ1n) is 8.36. The van der Waals surface area contributed by atoms with Gasteiger partial charge in [-0.3, -0.25) is 9.59 Å². The maximum absolute atomic E-state index is 12.2. The minimum Gasteiger partial charge on any atom is -0.467 e. The Morgan fingerprint density at radius 1 is 0.808 bits per heavy atom. The molecule has 5 nitrogen and oxygen atoms in total. The van der Waals surface area contributed by atoms with Crippen LogP contribution >= 0.6 is 0 Å². The lowest BCUT2D eigenvalue weighted by Crippen LogP contribution is -2.24. The number of aryl methyl sites for hydroxylation is 1. The van der Waals surface area contributed by atoms with Crippen molar-refractivity contribution < 1.29 is 14.0 Å². The second kappa shape index (κ2) is 8.16. The number of carbonyl (C=O) groups is 2. The predicted molar refractivity (Wildman–Crippen MR) is 98.7 cm³/mol. The van der Waals surface area contributed by atoms with Crippen LogP contribution in [0.3, 0.4) is 0 Å². The summed E-state index contributed by atoms with van der Waals surface area (Å²) in [5.41, 5.74) is 3.23. The highest BCUT2D eigenvalue weighted by molar-refractivity contribution is 5.97. The van der Waals surface area contributed by atoms with Crippen molar-refractivity contribution in [3.8, 4) is 0 Å². The maximum Gasteiger partial charge on any atom is 0.251 e. The standard InChI is InChI=1S/C21H20N2O3/c1-15-4-6-16(7-5-15)13-22-20(24)17-8-10-18(11-9-17)21(25)23-14-19-3-2-12-26-19/h2-12H,13-14H2,1H3,(H,22,24)(H,23,25). The van der Waals surface area contributed by atoms with Gasteiger partial charge in [0.2, 0.25) is 0 Å². The second-order valence-corrected chi connectivity index (χ2v) is 6.01. The Morgan fingerprint density at radius 2 is 1.38 bits per heavy atom. The highest BCUT2D eigenvalue weighted by Crippen LogP contribution is 2.07. The van der Waals surface area contributed by atoms with Gasteiger partial charge in [0.25, 0.3) is 11.8 Å². The molecule has 3 rings (SSSR count). The van der Waals surface area contributed by atoms with E-state index in [0.717, 1.165) is 5.56 Å². The Hall–Kier alpha value is -3.34. The van der Waals surface area contributed by atoms with Crippen LogP contribution in [0.4, 0.5) is 0 Å². The summed E-state index contributed by atoms with van der Waals surface area (Å²) in [4.78, 5) is 24.3. The van der Waals surface area contributed by atoms with Gasteiger partial charge in [0.15, 0.2) is 0 Å². The molecular weight excluding hydrogens is 328 g/mol. The van der Waals surface area contributed by atoms with Gasteiger partial charge in [-0.15, -0.1) is 0 Å². The van der Waals surface area contributed by atoms with Crippen LogP contribution in [0.5, 0.6) is 0 Å². The van der Waals surface area contributed by atoms with Crippen molar-refractivity contribution in [2.24, 2.45) is 0 Å². The molecule has 132 valence electrons. The summed E-state index contributed by atoms with van der Waals surface area (Å²) < 4.78 is 5.17. The summed E-state index contributed by atoms with van der Waals surface area (Å²) in [6.07, 6.45) is 1.56. The number of benzene rings is 2. The van der Waals surface area contributed by atoms with Gasteiger partial charge in [-0.05, 0) is 48.9 Å². The predicted octanol–water partition coefficient (Wildman–Crippen LogP) is 3.45. The molecule has 0 unspecified atom stereocenters. The minimum atomic E-state index is -0.215. The number of hydrogen-bond donors (Lipinski definition) is 2. The summed E-state index contributed by atoms with van der Waals surface area (Å²) in [5, 5.41) is 5.64. The van der Waals surface area contributed by atoms with Crippen molar-refractivity contribution >= 4 is 11.8 Å². The molecule has 1 heterocycles. The Kier molecular flexibility index (Phi) is 5.49. The van der Waals surface area contributed by atoms with Crippen LogP contribution in [0.15, 0.2) is 71.3 Å². The molecule has 5 heteroatoms. The van der Waals surface area contributed by atoms with E-state index in [2.05, 4.69) is 10.6 Å². The SMILES string of the molecule is Cc1ccc(CNC(=O)c2ccc(C(=O)NCc3ccco3)cc2)cc1. The van der Waals surface area contributed by atoms with Gasteiger partial charge >= 0.3 is 0 Å². The Morgan fingerprint density at radius 3 is 1.92 bits per heavy atom. The smallest absolute Gasteiger partial charge is 0.251 e. The van der Waals surface area contributed by atoms with Crippen molar-refractivity contribution in [2.45, 2.75) is 20.0 Å². The molecule has 0 aliphatic heterocycles. The molecule has 0 aliphatic carbocycles. The van der Waals surface area contributed by atoms with E-state index in [1.807, 2.05) is 31.2 Å². The number of nitrogens with one attached hydrogen (secondary N) is 2. The average Bonchev–Trinajstić information content (AvgIpc) is 3.19. The number of furan rings is 1. The lowest BCUT2D eigenvalue weighted by Gasteiger charge is -2.07. The summed E-state index contributed by atoms with van der Waals surface area (Å²) >= 11 is 0. The zero-order valence-electron chi connectivity index (χ0n) is 14.5. The van der Waals surface area contributed by atoms with Crippen molar-refractivity contribution in [2.75, 3.05) is 0 Å². The third kappa shape index (κ3) is 4.60. The molecule has 0 saturated heterocycles. The van der Waals surface area contributed by atoms with E-state index in [0.29, 0.717) is 30.0 Å². The minimum absolute atomic E-state index is 0.173. The van der Waals surface area contributed by atoms with Crippen LogP contribution in [-0.2, 0) is 13.1 Å². The van der Waals surface area contributed by atoms with Gasteiger partial charge < -0.3 is 15.1 Å². The molecule has 1 aromatic heterocycles. The van der Waals surface area contributed by atoms with E-state index in [4.69, 9.17) is 4.42 Å². The molecular formula is C21H20N2O3. The zero-order chi connectivity index (χ0) is 18.4. The number of rotatable bonds is 6. The van der Waals surface area contributed by atoms with Crippen molar-refractivity contribution in [3.05, 3.63) is 94.9 Å². The number of carbonyl (C=O) groups excluding carboxylic acids is 2. The van der Waals surface area contributed by atoms with Gasteiger partial charge in [-0.2, -0.15) is 0 Å². The Balaban J connectivity index is 1.53. The molecule has 26 heavy (non-hydrogen) atoms. The van der Waals surface area contributed by atoms with Crippen LogP contribution < -0.4 is 10.6 Å². The molecule has 3 aromatic rings. The third-order valence-electron chi connectivity index (χ3n) is 3.99. The summed E-state index contributed by atoms with van der Waals surface area (Å²) in [6, 6.07) is 18.1. The first-order chi connectivity index (χ1) is 12.6. The third-order valence-corrected chi connectivity index (χ3v) is 3.99. The fraction of sp³-hybridized carbons (Fsp3) is 0.143. The van der Waals surface area contributed by atoms with Crippen molar-refractivity contribution in [1.29, 1.82) is 0 Å². The quantitative estimate of drug-likeness (QED) is 0.717. The molecule has 0 atom stereocenters. The lowest BCUT2D eigenvalue weighted by molar-refractivity contribution is 0.0937. The number of hydrogen-bond acceptors (Lipinski definition) is 3. The zero-order valence-corrected chi connectivity index (χ0v) is 14.5. The highest BCUT2D eigenvalue weighted by atomic mass is 16.3. The molecule has 0 spiro atoms. The summed E-state index contributed by atoms with van der Waals surface area (Å²) in [7, 11) is 0. The molecule has 0 aliphatic rings. The van der Waals surface area contributed by atoms with Crippen LogP contribution in [0, 0.1) is 6.92 Å². The van der Waals surface area contributed by atoms with Gasteiger partial charge in [0.05, 0.1) is 12.8 Å². The van der Waals surface area contributed by atoms with Crippen LogP contribution in [0.2, 0.25) is 0 Å². The average molecular weight is 348 g/mol. The van der Waals surface area contributed by atoms with Crippen LogP contribution in [0.25, 0.3) is 0 Å². The second-order valence-electron chi connectivity index (χ2n) is 6.01. The van der Waals surface area contributed by atoms with Crippen molar-refractivity contribution in [3.63, 3.8) is 0 Å². The van der Waals surface area contributed by atoms with E-state index >= 15 is 0 Å².